The highest BCUT2D eigenvalue weighted by Gasteiger charge is 2.16. The van der Waals surface area contributed by atoms with Crippen molar-refractivity contribution in [2.45, 2.75) is 4.90 Å². The Morgan fingerprint density at radius 3 is 2.50 bits per heavy atom. The van der Waals surface area contributed by atoms with E-state index in [0.717, 1.165) is 0 Å². The highest BCUT2D eigenvalue weighted by Crippen LogP contribution is 2.28. The lowest BCUT2D eigenvalue weighted by molar-refractivity contribution is -0.134. The van der Waals surface area contributed by atoms with Gasteiger partial charge in [0.15, 0.2) is 0 Å². The maximum atomic E-state index is 11.3. The average Bonchev–Trinajstić information content (AvgIpc) is 2.34. The van der Waals surface area contributed by atoms with Gasteiger partial charge in [-0.1, -0.05) is 6.07 Å². The SMILES string of the molecule is COC(=O)C=Cc1ccc(OC)c(S(=O)(=O)Cl)c1. The molecular weight excluding hydrogens is 280 g/mol. The smallest absolute Gasteiger partial charge is 0.330 e. The third-order valence-corrected chi connectivity index (χ3v) is 3.41. The van der Waals surface area contributed by atoms with Crippen LogP contribution in [0.15, 0.2) is 29.2 Å². The Kier molecular flexibility index (Phi) is 4.75. The largest absolute Gasteiger partial charge is 0.495 e. The van der Waals surface area contributed by atoms with Crippen molar-refractivity contribution in [1.82, 2.24) is 0 Å². The van der Waals surface area contributed by atoms with Gasteiger partial charge in [-0.15, -0.1) is 0 Å². The minimum absolute atomic E-state index is 0.139. The molecule has 0 aliphatic rings. The van der Waals surface area contributed by atoms with Crippen molar-refractivity contribution >= 4 is 31.8 Å². The van der Waals surface area contributed by atoms with Crippen LogP contribution >= 0.6 is 10.7 Å². The van der Waals surface area contributed by atoms with Crippen LogP contribution in [-0.4, -0.2) is 28.6 Å². The Morgan fingerprint density at radius 1 is 1.33 bits per heavy atom. The second-order valence-electron chi connectivity index (χ2n) is 3.20. The molecule has 0 atom stereocenters. The first kappa shape index (κ1) is 14.5. The molecule has 0 fully saturated rings. The molecule has 0 saturated heterocycles. The number of ether oxygens (including phenoxy) is 2. The number of methoxy groups -OCH3 is 2. The zero-order valence-electron chi connectivity index (χ0n) is 9.71. The van der Waals surface area contributed by atoms with Gasteiger partial charge >= 0.3 is 5.97 Å². The molecule has 0 radical (unpaired) electrons. The third-order valence-electron chi connectivity index (χ3n) is 2.06. The van der Waals surface area contributed by atoms with E-state index in [0.29, 0.717) is 5.56 Å². The fourth-order valence-corrected chi connectivity index (χ4v) is 2.25. The van der Waals surface area contributed by atoms with Gasteiger partial charge in [-0.05, 0) is 23.8 Å². The van der Waals surface area contributed by atoms with E-state index < -0.39 is 15.0 Å². The normalized spacial score (nSPS) is 11.5. The first-order valence-corrected chi connectivity index (χ1v) is 7.08. The highest BCUT2D eigenvalue weighted by molar-refractivity contribution is 8.13. The molecule has 0 spiro atoms. The molecule has 0 saturated carbocycles. The lowest BCUT2D eigenvalue weighted by atomic mass is 10.2. The van der Waals surface area contributed by atoms with Gasteiger partial charge < -0.3 is 9.47 Å². The summed E-state index contributed by atoms with van der Waals surface area (Å²) < 4.78 is 32.0. The van der Waals surface area contributed by atoms with E-state index in [9.17, 15) is 13.2 Å². The summed E-state index contributed by atoms with van der Waals surface area (Å²) in [6.45, 7) is 0. The summed E-state index contributed by atoms with van der Waals surface area (Å²) >= 11 is 0. The molecule has 0 N–H and O–H groups in total. The van der Waals surface area contributed by atoms with E-state index in [-0.39, 0.29) is 10.6 Å². The highest BCUT2D eigenvalue weighted by atomic mass is 35.7. The minimum Gasteiger partial charge on any atom is -0.495 e. The van der Waals surface area contributed by atoms with Crippen molar-refractivity contribution in [1.29, 1.82) is 0 Å². The van der Waals surface area contributed by atoms with Crippen molar-refractivity contribution in [3.63, 3.8) is 0 Å². The Labute approximate surface area is 109 Å². The number of rotatable bonds is 4. The molecule has 1 rings (SSSR count). The van der Waals surface area contributed by atoms with Gasteiger partial charge in [0.05, 0.1) is 14.2 Å². The van der Waals surface area contributed by atoms with E-state index in [1.807, 2.05) is 0 Å². The van der Waals surface area contributed by atoms with Gasteiger partial charge in [0.1, 0.15) is 10.6 Å². The van der Waals surface area contributed by atoms with Crippen LogP contribution in [0.4, 0.5) is 0 Å². The summed E-state index contributed by atoms with van der Waals surface area (Å²) in [5.41, 5.74) is 0.487. The fourth-order valence-electron chi connectivity index (χ4n) is 1.22. The van der Waals surface area contributed by atoms with Gasteiger partial charge in [0.2, 0.25) is 0 Å². The molecule has 0 amide bonds. The predicted molar refractivity (Wildman–Crippen MR) is 67.1 cm³/mol. The monoisotopic (exact) mass is 290 g/mol. The zero-order chi connectivity index (χ0) is 13.8. The van der Waals surface area contributed by atoms with Crippen LogP contribution in [0.3, 0.4) is 0 Å². The molecule has 5 nitrogen and oxygen atoms in total. The van der Waals surface area contributed by atoms with E-state index >= 15 is 0 Å². The summed E-state index contributed by atoms with van der Waals surface area (Å²) in [5, 5.41) is 0. The first-order chi connectivity index (χ1) is 8.38. The number of hydrogen-bond acceptors (Lipinski definition) is 5. The van der Waals surface area contributed by atoms with E-state index in [4.69, 9.17) is 15.4 Å². The molecule has 0 unspecified atom stereocenters. The van der Waals surface area contributed by atoms with E-state index in [1.165, 1.54) is 38.5 Å². The number of carbonyl (C=O) groups excluding carboxylic acids is 1. The lowest BCUT2D eigenvalue weighted by Crippen LogP contribution is -1.97. The summed E-state index contributed by atoms with van der Waals surface area (Å²) in [5.74, 6) is -0.402. The predicted octanol–water partition coefficient (Wildman–Crippen LogP) is 1.81. The van der Waals surface area contributed by atoms with Gasteiger partial charge in [0.25, 0.3) is 9.05 Å². The molecule has 0 aromatic heterocycles. The molecule has 0 heterocycles. The molecule has 18 heavy (non-hydrogen) atoms. The summed E-state index contributed by atoms with van der Waals surface area (Å²) in [7, 11) is 3.95. The number of benzene rings is 1. The van der Waals surface area contributed by atoms with Crippen molar-refractivity contribution in [2.75, 3.05) is 14.2 Å². The van der Waals surface area contributed by atoms with Crippen LogP contribution in [-0.2, 0) is 18.6 Å². The number of esters is 1. The van der Waals surface area contributed by atoms with Crippen LogP contribution in [0.25, 0.3) is 6.08 Å². The molecule has 1 aromatic rings. The summed E-state index contributed by atoms with van der Waals surface area (Å²) in [4.78, 5) is 10.8. The zero-order valence-corrected chi connectivity index (χ0v) is 11.3. The van der Waals surface area contributed by atoms with E-state index in [1.54, 1.807) is 6.07 Å². The van der Waals surface area contributed by atoms with Gasteiger partial charge in [-0.25, -0.2) is 13.2 Å². The second kappa shape index (κ2) is 5.88. The van der Waals surface area contributed by atoms with Gasteiger partial charge in [-0.3, -0.25) is 0 Å². The average molecular weight is 291 g/mol. The van der Waals surface area contributed by atoms with Gasteiger partial charge in [0, 0.05) is 16.8 Å². The standard InChI is InChI=1S/C11H11ClO5S/c1-16-9-5-3-8(4-6-11(13)17-2)7-10(9)18(12,14)15/h3-7H,1-2H3. The molecule has 1 aromatic carbocycles. The summed E-state index contributed by atoms with van der Waals surface area (Å²) in [6, 6.07) is 4.34. The lowest BCUT2D eigenvalue weighted by Gasteiger charge is -2.06. The van der Waals surface area contributed by atoms with E-state index in [2.05, 4.69) is 4.74 Å². The van der Waals surface area contributed by atoms with Crippen LogP contribution in [0.1, 0.15) is 5.56 Å². The number of halogens is 1. The Bertz CT molecular complexity index is 577. The molecule has 7 heteroatoms. The molecule has 0 aliphatic carbocycles. The molecule has 98 valence electrons. The van der Waals surface area contributed by atoms with Crippen LogP contribution in [0, 0.1) is 0 Å². The number of carbonyl (C=O) groups is 1. The van der Waals surface area contributed by atoms with Crippen LogP contribution in [0.2, 0.25) is 0 Å². The maximum Gasteiger partial charge on any atom is 0.330 e. The maximum absolute atomic E-state index is 11.3. The topological polar surface area (TPSA) is 69.7 Å². The Morgan fingerprint density at radius 2 is 2.00 bits per heavy atom. The van der Waals surface area contributed by atoms with Crippen LogP contribution < -0.4 is 4.74 Å². The van der Waals surface area contributed by atoms with Crippen molar-refractivity contribution in [2.24, 2.45) is 0 Å². The number of hydrogen-bond donors (Lipinski definition) is 0. The quantitative estimate of drug-likeness (QED) is 0.480. The minimum atomic E-state index is -3.92. The van der Waals surface area contributed by atoms with Crippen molar-refractivity contribution in [3.05, 3.63) is 29.8 Å². The van der Waals surface area contributed by atoms with Crippen molar-refractivity contribution < 1.29 is 22.7 Å². The first-order valence-electron chi connectivity index (χ1n) is 4.77. The van der Waals surface area contributed by atoms with Crippen LogP contribution in [0.5, 0.6) is 5.75 Å². The molecule has 0 bridgehead atoms. The molecule has 0 aliphatic heterocycles. The fraction of sp³-hybridized carbons (Fsp3) is 0.182. The Balaban J connectivity index is 3.20. The summed E-state index contributed by atoms with van der Waals surface area (Å²) in [6.07, 6.45) is 2.59. The van der Waals surface area contributed by atoms with Crippen molar-refractivity contribution in [3.8, 4) is 5.75 Å². The third kappa shape index (κ3) is 3.75. The Hall–Kier alpha value is -1.53. The van der Waals surface area contributed by atoms with Gasteiger partial charge in [-0.2, -0.15) is 0 Å². The second-order valence-corrected chi connectivity index (χ2v) is 5.74. The molecular formula is C11H11ClO5S.